The number of nitrogens with zero attached hydrogens (tertiary/aromatic N) is 2. The molecule has 38 heavy (non-hydrogen) atoms. The van der Waals surface area contributed by atoms with Crippen LogP contribution in [0.2, 0.25) is 5.02 Å². The van der Waals surface area contributed by atoms with Gasteiger partial charge in [-0.25, -0.2) is 0 Å². The molecule has 11 heteroatoms. The van der Waals surface area contributed by atoms with E-state index < -0.39 is 11.9 Å². The van der Waals surface area contributed by atoms with E-state index in [1.165, 1.54) is 4.90 Å². The Morgan fingerprint density at radius 1 is 1.13 bits per heavy atom. The minimum Gasteiger partial charge on any atom is -0.379 e. The molecule has 0 bridgehead atoms. The third-order valence-electron chi connectivity index (χ3n) is 7.21. The van der Waals surface area contributed by atoms with Crippen molar-refractivity contribution in [3.8, 4) is 0 Å². The van der Waals surface area contributed by atoms with Crippen LogP contribution in [0.1, 0.15) is 39.9 Å². The van der Waals surface area contributed by atoms with E-state index in [4.69, 9.17) is 16.3 Å². The molecule has 1 atom stereocenters. The zero-order valence-corrected chi connectivity index (χ0v) is 21.9. The number of piperidine rings is 1. The number of halogens is 1. The van der Waals surface area contributed by atoms with Crippen molar-refractivity contribution in [2.45, 2.75) is 38.9 Å². The maximum atomic E-state index is 13.0. The summed E-state index contributed by atoms with van der Waals surface area (Å²) in [5, 5.41) is 8.87. The smallest absolute Gasteiger partial charge is 0.255 e. The van der Waals surface area contributed by atoms with Crippen LogP contribution in [0.4, 0.5) is 11.4 Å². The first-order valence-electron chi connectivity index (χ1n) is 12.7. The number of fused-ring (bicyclic) bond motifs is 1. The van der Waals surface area contributed by atoms with Gasteiger partial charge in [-0.2, -0.15) is 0 Å². The van der Waals surface area contributed by atoms with E-state index in [0.717, 1.165) is 36.3 Å². The molecule has 3 aliphatic heterocycles. The lowest BCUT2D eigenvalue weighted by Crippen LogP contribution is -2.52. The van der Waals surface area contributed by atoms with Gasteiger partial charge in [0, 0.05) is 54.6 Å². The van der Waals surface area contributed by atoms with E-state index >= 15 is 0 Å². The van der Waals surface area contributed by atoms with Crippen LogP contribution in [-0.4, -0.2) is 72.3 Å². The van der Waals surface area contributed by atoms with E-state index in [0.29, 0.717) is 48.1 Å². The molecule has 5 rings (SSSR count). The van der Waals surface area contributed by atoms with E-state index in [1.54, 1.807) is 18.2 Å². The van der Waals surface area contributed by atoms with E-state index in [-0.39, 0.29) is 30.7 Å². The number of ether oxygens (including phenoxy) is 1. The Labute approximate surface area is 225 Å². The van der Waals surface area contributed by atoms with Crippen LogP contribution in [0.3, 0.4) is 0 Å². The zero-order chi connectivity index (χ0) is 26.8. The number of hydrogen-bond donors (Lipinski definition) is 3. The van der Waals surface area contributed by atoms with Crippen LogP contribution >= 0.6 is 11.6 Å². The fraction of sp³-hybridized carbons (Fsp3) is 0.407. The first-order valence-corrected chi connectivity index (χ1v) is 13.1. The molecule has 2 fully saturated rings. The van der Waals surface area contributed by atoms with Gasteiger partial charge in [0.1, 0.15) is 6.04 Å². The molecule has 0 aromatic heterocycles. The zero-order valence-electron chi connectivity index (χ0n) is 21.1. The molecule has 10 nitrogen and oxygen atoms in total. The molecule has 1 unspecified atom stereocenters. The quantitative estimate of drug-likeness (QED) is 0.462. The van der Waals surface area contributed by atoms with Crippen LogP contribution in [0.5, 0.6) is 0 Å². The van der Waals surface area contributed by atoms with Crippen molar-refractivity contribution in [3.63, 3.8) is 0 Å². The maximum Gasteiger partial charge on any atom is 0.255 e. The number of anilines is 2. The summed E-state index contributed by atoms with van der Waals surface area (Å²) in [4.78, 5) is 53.2. The fourth-order valence-electron chi connectivity index (χ4n) is 5.02. The van der Waals surface area contributed by atoms with Crippen LogP contribution in [0.15, 0.2) is 30.3 Å². The van der Waals surface area contributed by atoms with Crippen molar-refractivity contribution in [2.24, 2.45) is 0 Å². The molecule has 0 saturated carbocycles. The first-order chi connectivity index (χ1) is 18.3. The van der Waals surface area contributed by atoms with Gasteiger partial charge in [-0.05, 0) is 54.3 Å². The third kappa shape index (κ3) is 5.67. The van der Waals surface area contributed by atoms with Crippen LogP contribution < -0.4 is 16.0 Å². The van der Waals surface area contributed by atoms with Crippen LogP contribution in [0.25, 0.3) is 0 Å². The van der Waals surface area contributed by atoms with E-state index in [1.807, 2.05) is 19.1 Å². The summed E-state index contributed by atoms with van der Waals surface area (Å²) < 4.78 is 5.42. The van der Waals surface area contributed by atoms with Crippen molar-refractivity contribution in [2.75, 3.05) is 43.5 Å². The Morgan fingerprint density at radius 2 is 1.92 bits per heavy atom. The van der Waals surface area contributed by atoms with Gasteiger partial charge in [-0.3, -0.25) is 29.4 Å². The predicted molar refractivity (Wildman–Crippen MR) is 142 cm³/mol. The van der Waals surface area contributed by atoms with Gasteiger partial charge in [0.05, 0.1) is 19.8 Å². The minimum absolute atomic E-state index is 0.00583. The average molecular weight is 540 g/mol. The van der Waals surface area contributed by atoms with Gasteiger partial charge in [-0.15, -0.1) is 0 Å². The molecule has 4 amide bonds. The lowest BCUT2D eigenvalue weighted by Gasteiger charge is -2.29. The first kappa shape index (κ1) is 26.1. The Morgan fingerprint density at radius 3 is 2.68 bits per heavy atom. The maximum absolute atomic E-state index is 13.0. The molecule has 0 radical (unpaired) electrons. The SMILES string of the molecule is Cc1c(Cl)cc(NC(=O)CNc2ccc3c(c2)C(=O)N(C2CCC(=O)NC2=O)C3)cc1CN1CCOCC1. The highest BCUT2D eigenvalue weighted by molar-refractivity contribution is 6.31. The Kier molecular flexibility index (Phi) is 7.64. The third-order valence-corrected chi connectivity index (χ3v) is 7.61. The highest BCUT2D eigenvalue weighted by atomic mass is 35.5. The van der Waals surface area contributed by atoms with Gasteiger partial charge in [0.2, 0.25) is 17.7 Å². The van der Waals surface area contributed by atoms with Gasteiger partial charge in [-0.1, -0.05) is 17.7 Å². The molecular weight excluding hydrogens is 510 g/mol. The fourth-order valence-corrected chi connectivity index (χ4v) is 5.26. The van der Waals surface area contributed by atoms with Crippen LogP contribution in [0, 0.1) is 6.92 Å². The lowest BCUT2D eigenvalue weighted by molar-refractivity contribution is -0.137. The largest absolute Gasteiger partial charge is 0.379 e. The highest BCUT2D eigenvalue weighted by Crippen LogP contribution is 2.30. The van der Waals surface area contributed by atoms with E-state index in [2.05, 4.69) is 20.9 Å². The monoisotopic (exact) mass is 539 g/mol. The van der Waals surface area contributed by atoms with E-state index in [9.17, 15) is 19.2 Å². The molecule has 200 valence electrons. The number of benzene rings is 2. The normalized spacial score (nSPS) is 19.8. The van der Waals surface area contributed by atoms with Crippen molar-refractivity contribution < 1.29 is 23.9 Å². The number of rotatable bonds is 7. The molecule has 3 heterocycles. The predicted octanol–water partition coefficient (Wildman–Crippen LogP) is 2.29. The molecule has 2 saturated heterocycles. The minimum atomic E-state index is -0.663. The van der Waals surface area contributed by atoms with Crippen molar-refractivity contribution in [1.82, 2.24) is 15.1 Å². The lowest BCUT2D eigenvalue weighted by atomic mass is 10.0. The molecule has 0 spiro atoms. The number of carbonyl (C=O) groups is 4. The summed E-state index contributed by atoms with van der Waals surface area (Å²) in [6, 6.07) is 8.35. The van der Waals surface area contributed by atoms with Crippen molar-refractivity contribution >= 4 is 46.6 Å². The molecule has 2 aromatic rings. The number of amides is 4. The number of morpholine rings is 1. The second-order valence-electron chi connectivity index (χ2n) is 9.80. The number of carbonyl (C=O) groups excluding carboxylic acids is 4. The summed E-state index contributed by atoms with van der Waals surface area (Å²) in [6.07, 6.45) is 0.520. The van der Waals surface area contributed by atoms with Crippen molar-refractivity contribution in [1.29, 1.82) is 0 Å². The standard InChI is InChI=1S/C27H30ClN5O5/c1-16-18(14-32-6-8-38-9-7-32)10-20(12-22(16)28)30-25(35)13-29-19-3-2-17-15-33(27(37)21(17)11-19)23-4-5-24(34)31-26(23)36/h2-3,10-12,23,29H,4-9,13-15H2,1H3,(H,30,35)(H,31,34,36). The van der Waals surface area contributed by atoms with Gasteiger partial charge in [0.25, 0.3) is 5.91 Å². The van der Waals surface area contributed by atoms with Gasteiger partial charge >= 0.3 is 0 Å². The number of nitrogens with one attached hydrogen (secondary N) is 3. The topological polar surface area (TPSA) is 120 Å². The summed E-state index contributed by atoms with van der Waals surface area (Å²) in [6.45, 7) is 6.13. The number of imide groups is 1. The summed E-state index contributed by atoms with van der Waals surface area (Å²) in [5.74, 6) is -1.27. The highest BCUT2D eigenvalue weighted by Gasteiger charge is 2.39. The second-order valence-corrected chi connectivity index (χ2v) is 10.2. The summed E-state index contributed by atoms with van der Waals surface area (Å²) in [5.41, 5.74) is 4.57. The van der Waals surface area contributed by atoms with Crippen LogP contribution in [-0.2, 0) is 32.2 Å². The second kappa shape index (κ2) is 11.1. The molecule has 3 aliphatic rings. The molecule has 0 aliphatic carbocycles. The Hall–Kier alpha value is -3.47. The molecule has 3 N–H and O–H groups in total. The summed E-state index contributed by atoms with van der Waals surface area (Å²) >= 11 is 6.46. The summed E-state index contributed by atoms with van der Waals surface area (Å²) in [7, 11) is 0. The Bertz CT molecular complexity index is 1290. The van der Waals surface area contributed by atoms with Gasteiger partial charge in [0.15, 0.2) is 0 Å². The molecular formula is C27H30ClN5O5. The average Bonchev–Trinajstić information content (AvgIpc) is 3.22. The Balaban J connectivity index is 1.19. The number of hydrogen-bond acceptors (Lipinski definition) is 7. The molecule has 2 aromatic carbocycles. The van der Waals surface area contributed by atoms with Crippen molar-refractivity contribution in [3.05, 3.63) is 57.6 Å². The van der Waals surface area contributed by atoms with Gasteiger partial charge < -0.3 is 20.3 Å².